The van der Waals surface area contributed by atoms with E-state index in [4.69, 9.17) is 0 Å². The largest absolute Gasteiger partial charge is 0.308 e. The fraction of sp³-hybridized carbons (Fsp3) is 0.625. The summed E-state index contributed by atoms with van der Waals surface area (Å²) in [5.41, 5.74) is 1.68. The van der Waals surface area contributed by atoms with Gasteiger partial charge < -0.3 is 4.90 Å². The van der Waals surface area contributed by atoms with Crippen molar-refractivity contribution in [2.24, 2.45) is 0 Å². The number of benzene rings is 1. The molecule has 1 fully saturated rings. The average molecular weight is 375 g/mol. The molecular weight excluding hydrogens is 348 g/mol. The van der Waals surface area contributed by atoms with E-state index in [0.717, 1.165) is 5.56 Å². The molecule has 1 aromatic carbocycles. The van der Waals surface area contributed by atoms with Crippen molar-refractivity contribution < 1.29 is 16.8 Å². The van der Waals surface area contributed by atoms with Gasteiger partial charge in [-0.1, -0.05) is 17.7 Å². The van der Waals surface area contributed by atoms with E-state index in [0.29, 0.717) is 18.5 Å². The highest BCUT2D eigenvalue weighted by Crippen LogP contribution is 2.27. The minimum Gasteiger partial charge on any atom is -0.308 e. The maximum absolute atomic E-state index is 13.2. The van der Waals surface area contributed by atoms with Gasteiger partial charge in [0.05, 0.1) is 16.4 Å². The van der Waals surface area contributed by atoms with Gasteiger partial charge in [0.2, 0.25) is 10.0 Å². The summed E-state index contributed by atoms with van der Waals surface area (Å²) in [6.07, 6.45) is 0.361. The fourth-order valence-corrected chi connectivity index (χ4v) is 6.69. The molecule has 0 aliphatic carbocycles. The minimum atomic E-state index is -3.74. The number of hydrogen-bond donors (Lipinski definition) is 0. The monoisotopic (exact) mass is 374 g/mol. The maximum Gasteiger partial charge on any atom is 0.243 e. The number of likely N-dealkylation sites (N-methyl/N-ethyl adjacent to an activating group) is 1. The van der Waals surface area contributed by atoms with Gasteiger partial charge in [-0.2, -0.15) is 4.31 Å². The van der Waals surface area contributed by atoms with Crippen molar-refractivity contribution in [2.75, 3.05) is 38.7 Å². The zero-order chi connectivity index (χ0) is 18.1. The van der Waals surface area contributed by atoms with Crippen LogP contribution in [0.25, 0.3) is 0 Å². The van der Waals surface area contributed by atoms with Gasteiger partial charge in [-0.25, -0.2) is 16.8 Å². The Morgan fingerprint density at radius 1 is 1.17 bits per heavy atom. The smallest absolute Gasteiger partial charge is 0.243 e. The number of sulfone groups is 1. The molecule has 1 aliphatic rings. The van der Waals surface area contributed by atoms with Gasteiger partial charge in [0.25, 0.3) is 0 Å². The Balaban J connectivity index is 2.41. The maximum atomic E-state index is 13.2. The first-order valence-corrected chi connectivity index (χ1v) is 11.2. The molecule has 0 amide bonds. The summed E-state index contributed by atoms with van der Waals surface area (Å²) in [5.74, 6) is -0.0386. The van der Waals surface area contributed by atoms with Crippen molar-refractivity contribution in [3.8, 4) is 0 Å². The van der Waals surface area contributed by atoms with Gasteiger partial charge in [0.1, 0.15) is 0 Å². The molecule has 24 heavy (non-hydrogen) atoms. The van der Waals surface area contributed by atoms with E-state index in [1.165, 1.54) is 4.31 Å². The van der Waals surface area contributed by atoms with Crippen molar-refractivity contribution in [2.45, 2.75) is 31.2 Å². The van der Waals surface area contributed by atoms with E-state index in [2.05, 4.69) is 0 Å². The quantitative estimate of drug-likeness (QED) is 0.744. The molecule has 0 aromatic heterocycles. The highest BCUT2D eigenvalue weighted by atomic mass is 32.2. The van der Waals surface area contributed by atoms with Crippen LogP contribution in [0.5, 0.6) is 0 Å². The second kappa shape index (κ2) is 7.11. The standard InChI is InChI=1S/C16H26N2O4S2/c1-13-5-6-16(14(2)11-13)24(21,22)18(9-8-17(3)4)15-7-10-23(19,20)12-15/h5-6,11,15H,7-10,12H2,1-4H3/t15-/m0/s1. The summed E-state index contributed by atoms with van der Waals surface area (Å²) in [4.78, 5) is 2.16. The molecular formula is C16H26N2O4S2. The van der Waals surface area contributed by atoms with Crippen LogP contribution < -0.4 is 0 Å². The van der Waals surface area contributed by atoms with Crippen molar-refractivity contribution in [1.82, 2.24) is 9.21 Å². The number of sulfonamides is 1. The van der Waals surface area contributed by atoms with E-state index in [9.17, 15) is 16.8 Å². The zero-order valence-electron chi connectivity index (χ0n) is 14.7. The third-order valence-electron chi connectivity index (χ3n) is 4.30. The van der Waals surface area contributed by atoms with Crippen LogP contribution in [0.15, 0.2) is 23.1 Å². The minimum absolute atomic E-state index is 0.0541. The Morgan fingerprint density at radius 3 is 2.33 bits per heavy atom. The summed E-state index contributed by atoms with van der Waals surface area (Å²) in [6.45, 7) is 4.51. The predicted molar refractivity (Wildman–Crippen MR) is 95.4 cm³/mol. The van der Waals surface area contributed by atoms with E-state index < -0.39 is 25.9 Å². The number of nitrogens with zero attached hydrogens (tertiary/aromatic N) is 2. The third kappa shape index (κ3) is 4.36. The Bertz CT molecular complexity index is 801. The summed E-state index contributed by atoms with van der Waals surface area (Å²) in [7, 11) is -3.16. The van der Waals surface area contributed by atoms with Crippen LogP contribution >= 0.6 is 0 Å². The molecule has 0 bridgehead atoms. The summed E-state index contributed by atoms with van der Waals surface area (Å²) >= 11 is 0. The third-order valence-corrected chi connectivity index (χ3v) is 8.16. The Morgan fingerprint density at radius 2 is 1.83 bits per heavy atom. The number of hydrogen-bond acceptors (Lipinski definition) is 5. The first-order valence-electron chi connectivity index (χ1n) is 7.97. The lowest BCUT2D eigenvalue weighted by atomic mass is 10.2. The molecule has 1 aromatic rings. The molecule has 1 aliphatic heterocycles. The highest BCUT2D eigenvalue weighted by molar-refractivity contribution is 7.92. The van der Waals surface area contributed by atoms with Gasteiger partial charge in [0, 0.05) is 19.1 Å². The first kappa shape index (κ1) is 19.4. The van der Waals surface area contributed by atoms with Crippen molar-refractivity contribution in [1.29, 1.82) is 0 Å². The van der Waals surface area contributed by atoms with E-state index in [-0.39, 0.29) is 22.9 Å². The molecule has 0 unspecified atom stereocenters. The molecule has 8 heteroatoms. The molecule has 1 saturated heterocycles. The Labute approximate surface area is 145 Å². The van der Waals surface area contributed by atoms with Crippen LogP contribution in [0.4, 0.5) is 0 Å². The molecule has 1 heterocycles. The normalized spacial score (nSPS) is 20.8. The first-order chi connectivity index (χ1) is 11.0. The molecule has 1 atom stereocenters. The van der Waals surface area contributed by atoms with Crippen molar-refractivity contribution in [3.05, 3.63) is 29.3 Å². The van der Waals surface area contributed by atoms with Gasteiger partial charge in [0.15, 0.2) is 9.84 Å². The van der Waals surface area contributed by atoms with Crippen LogP contribution in [0.1, 0.15) is 17.5 Å². The molecule has 0 radical (unpaired) electrons. The van der Waals surface area contributed by atoms with Crippen LogP contribution in [0.2, 0.25) is 0 Å². The molecule has 0 N–H and O–H groups in total. The van der Waals surface area contributed by atoms with E-state index in [1.807, 2.05) is 32.0 Å². The molecule has 136 valence electrons. The summed E-state index contributed by atoms with van der Waals surface area (Å²) in [6, 6.07) is 4.74. The van der Waals surface area contributed by atoms with E-state index >= 15 is 0 Å². The van der Waals surface area contributed by atoms with Gasteiger partial charge in [-0.15, -0.1) is 0 Å². The van der Waals surface area contributed by atoms with Crippen molar-refractivity contribution in [3.63, 3.8) is 0 Å². The van der Waals surface area contributed by atoms with Gasteiger partial charge >= 0.3 is 0 Å². The average Bonchev–Trinajstić information content (AvgIpc) is 2.77. The topological polar surface area (TPSA) is 74.8 Å². The summed E-state index contributed by atoms with van der Waals surface area (Å²) < 4.78 is 51.4. The van der Waals surface area contributed by atoms with Gasteiger partial charge in [-0.05, 0) is 46.0 Å². The highest BCUT2D eigenvalue weighted by Gasteiger charge is 2.39. The SMILES string of the molecule is Cc1ccc(S(=O)(=O)N(CCN(C)C)[C@H]2CCS(=O)(=O)C2)c(C)c1. The fourth-order valence-electron chi connectivity index (χ4n) is 3.02. The summed E-state index contributed by atoms with van der Waals surface area (Å²) in [5, 5.41) is 0. The van der Waals surface area contributed by atoms with Crippen LogP contribution in [0, 0.1) is 13.8 Å². The molecule has 0 saturated carbocycles. The molecule has 2 rings (SSSR count). The number of aryl methyl sites for hydroxylation is 2. The lowest BCUT2D eigenvalue weighted by molar-refractivity contribution is 0.293. The molecule has 6 nitrogen and oxygen atoms in total. The second-order valence-corrected chi connectivity index (χ2v) is 10.8. The molecule has 0 spiro atoms. The van der Waals surface area contributed by atoms with Crippen LogP contribution in [-0.4, -0.2) is 70.8 Å². The zero-order valence-corrected chi connectivity index (χ0v) is 16.3. The van der Waals surface area contributed by atoms with Crippen LogP contribution in [-0.2, 0) is 19.9 Å². The van der Waals surface area contributed by atoms with E-state index in [1.54, 1.807) is 19.1 Å². The lowest BCUT2D eigenvalue weighted by Gasteiger charge is -2.29. The Hall–Kier alpha value is -0.960. The second-order valence-electron chi connectivity index (χ2n) is 6.74. The van der Waals surface area contributed by atoms with Crippen LogP contribution in [0.3, 0.4) is 0 Å². The number of rotatable bonds is 6. The van der Waals surface area contributed by atoms with Crippen molar-refractivity contribution >= 4 is 19.9 Å². The lowest BCUT2D eigenvalue weighted by Crippen LogP contribution is -2.44. The van der Waals surface area contributed by atoms with Gasteiger partial charge in [-0.3, -0.25) is 0 Å². The predicted octanol–water partition coefficient (Wildman–Crippen LogP) is 1.04. The Kier molecular flexibility index (Phi) is 5.74.